The van der Waals surface area contributed by atoms with Crippen LogP contribution >= 0.6 is 0 Å². The molecular formula is C15H20N2O3. The molecule has 1 heterocycles. The van der Waals surface area contributed by atoms with E-state index in [1.807, 2.05) is 7.05 Å². The van der Waals surface area contributed by atoms with Gasteiger partial charge >= 0.3 is 0 Å². The summed E-state index contributed by atoms with van der Waals surface area (Å²) in [4.78, 5) is 10.2. The maximum Gasteiger partial charge on any atom is 0.243 e. The second-order valence-corrected chi connectivity index (χ2v) is 4.46. The summed E-state index contributed by atoms with van der Waals surface area (Å²) in [5, 5.41) is 18.8. The molecule has 0 fully saturated rings. The maximum absolute atomic E-state index is 10.2. The Balaban J connectivity index is 0.000000204. The van der Waals surface area contributed by atoms with Crippen molar-refractivity contribution in [1.82, 2.24) is 4.57 Å². The number of carbonyl (C=O) groups is 1. The Bertz CT molecular complexity index is 532. The summed E-state index contributed by atoms with van der Waals surface area (Å²) in [5.41, 5.74) is 0.817. The molecule has 0 aliphatic carbocycles. The zero-order chi connectivity index (χ0) is 15.0. The third-order valence-corrected chi connectivity index (χ3v) is 2.68. The molecule has 2 aromatic rings. The Morgan fingerprint density at radius 1 is 1.35 bits per heavy atom. The van der Waals surface area contributed by atoms with Crippen LogP contribution < -0.4 is 9.67 Å². The number of aromatic carboxylic acids is 1. The quantitative estimate of drug-likeness (QED) is 0.815. The van der Waals surface area contributed by atoms with Gasteiger partial charge in [-0.15, -0.1) is 0 Å². The molecular weight excluding hydrogens is 256 g/mol. The van der Waals surface area contributed by atoms with Crippen molar-refractivity contribution in [2.75, 3.05) is 0 Å². The maximum atomic E-state index is 10.2. The van der Waals surface area contributed by atoms with E-state index in [1.165, 1.54) is 18.6 Å². The molecule has 0 spiro atoms. The molecule has 1 N–H and O–H groups in total. The Morgan fingerprint density at radius 2 is 2.00 bits per heavy atom. The number of aliphatic hydroxyl groups excluding tert-OH is 1. The number of nitrogens with zero attached hydrogens (tertiary/aromatic N) is 2. The van der Waals surface area contributed by atoms with Crippen molar-refractivity contribution in [3.63, 3.8) is 0 Å². The molecule has 0 aliphatic rings. The van der Waals surface area contributed by atoms with Crippen molar-refractivity contribution in [3.05, 3.63) is 54.1 Å². The molecule has 5 heteroatoms. The Labute approximate surface area is 118 Å². The van der Waals surface area contributed by atoms with Gasteiger partial charge in [-0.05, 0) is 17.5 Å². The first-order chi connectivity index (χ1) is 9.56. The number of hydrogen-bond acceptors (Lipinski definition) is 3. The van der Waals surface area contributed by atoms with Crippen LogP contribution in [0.5, 0.6) is 0 Å². The summed E-state index contributed by atoms with van der Waals surface area (Å²) in [6, 6.07) is 5.90. The van der Waals surface area contributed by atoms with Crippen LogP contribution in [-0.2, 0) is 20.2 Å². The number of carboxylic acids is 1. The van der Waals surface area contributed by atoms with Gasteiger partial charge < -0.3 is 15.0 Å². The lowest BCUT2D eigenvalue weighted by Gasteiger charge is -2.01. The minimum Gasteiger partial charge on any atom is -0.545 e. The van der Waals surface area contributed by atoms with E-state index in [-0.39, 0.29) is 12.2 Å². The van der Waals surface area contributed by atoms with E-state index in [2.05, 4.69) is 34.8 Å². The first kappa shape index (κ1) is 15.9. The van der Waals surface area contributed by atoms with E-state index in [0.717, 1.165) is 6.54 Å². The summed E-state index contributed by atoms with van der Waals surface area (Å²) < 4.78 is 4.23. The number of imidazole rings is 1. The van der Waals surface area contributed by atoms with Crippen LogP contribution in [0.25, 0.3) is 0 Å². The van der Waals surface area contributed by atoms with Crippen LogP contribution in [0.4, 0.5) is 0 Å². The zero-order valence-electron chi connectivity index (χ0n) is 11.8. The van der Waals surface area contributed by atoms with Crippen LogP contribution in [0.2, 0.25) is 0 Å². The van der Waals surface area contributed by atoms with Gasteiger partial charge in [-0.2, -0.15) is 0 Å². The molecule has 0 saturated carbocycles. The molecule has 20 heavy (non-hydrogen) atoms. The average Bonchev–Trinajstić information content (AvgIpc) is 2.85. The smallest absolute Gasteiger partial charge is 0.243 e. The Hall–Kier alpha value is -2.14. The standard InChI is InChI=1S/C8H8O3.C7H13N2/c9-5-6-1-3-7(4-2-6)8(10)11;1-3-4-9-6-5-8(2)7-9/h1-4,9H,5H2,(H,10,11);5-7H,3-4H2,1-2H3/q;+1/p-1. The minimum absolute atomic E-state index is 0.0761. The van der Waals surface area contributed by atoms with Crippen LogP contribution in [0.1, 0.15) is 29.3 Å². The number of aliphatic hydroxyl groups is 1. The van der Waals surface area contributed by atoms with E-state index in [4.69, 9.17) is 5.11 Å². The number of aromatic nitrogens is 2. The largest absolute Gasteiger partial charge is 0.545 e. The van der Waals surface area contributed by atoms with Gasteiger partial charge in [0, 0.05) is 0 Å². The second kappa shape index (κ2) is 8.12. The topological polar surface area (TPSA) is 69.2 Å². The van der Waals surface area contributed by atoms with Gasteiger partial charge in [-0.3, -0.25) is 0 Å². The molecule has 5 nitrogen and oxygen atoms in total. The van der Waals surface area contributed by atoms with Crippen molar-refractivity contribution in [1.29, 1.82) is 0 Å². The second-order valence-electron chi connectivity index (χ2n) is 4.46. The Morgan fingerprint density at radius 3 is 2.40 bits per heavy atom. The average molecular weight is 276 g/mol. The molecule has 108 valence electrons. The fourth-order valence-corrected chi connectivity index (χ4v) is 1.64. The molecule has 0 radical (unpaired) electrons. The van der Waals surface area contributed by atoms with Gasteiger partial charge in [0.2, 0.25) is 6.33 Å². The van der Waals surface area contributed by atoms with Crippen molar-refractivity contribution in [3.8, 4) is 0 Å². The van der Waals surface area contributed by atoms with Gasteiger partial charge in [0.1, 0.15) is 12.4 Å². The lowest BCUT2D eigenvalue weighted by atomic mass is 10.1. The van der Waals surface area contributed by atoms with Gasteiger partial charge in [-0.1, -0.05) is 31.2 Å². The summed E-state index contributed by atoms with van der Waals surface area (Å²) in [7, 11) is 2.03. The Kier molecular flexibility index (Phi) is 6.46. The van der Waals surface area contributed by atoms with Crippen molar-refractivity contribution < 1.29 is 19.6 Å². The lowest BCUT2D eigenvalue weighted by Crippen LogP contribution is -2.30. The van der Waals surface area contributed by atoms with E-state index < -0.39 is 5.97 Å². The van der Waals surface area contributed by atoms with Crippen molar-refractivity contribution in [2.24, 2.45) is 7.05 Å². The molecule has 0 saturated heterocycles. The fraction of sp³-hybridized carbons (Fsp3) is 0.333. The summed E-state index contributed by atoms with van der Waals surface area (Å²) in [6.45, 7) is 3.23. The number of aryl methyl sites for hydroxylation is 2. The van der Waals surface area contributed by atoms with E-state index in [9.17, 15) is 9.90 Å². The van der Waals surface area contributed by atoms with E-state index in [1.54, 1.807) is 12.1 Å². The van der Waals surface area contributed by atoms with Gasteiger partial charge in [0.15, 0.2) is 0 Å². The first-order valence-corrected chi connectivity index (χ1v) is 6.49. The highest BCUT2D eigenvalue weighted by molar-refractivity contribution is 5.85. The molecule has 0 unspecified atom stereocenters. The van der Waals surface area contributed by atoms with Crippen LogP contribution in [0, 0.1) is 0 Å². The molecule has 0 aliphatic heterocycles. The van der Waals surface area contributed by atoms with E-state index >= 15 is 0 Å². The van der Waals surface area contributed by atoms with Gasteiger partial charge in [0.05, 0.1) is 26.2 Å². The monoisotopic (exact) mass is 276 g/mol. The summed E-state index contributed by atoms with van der Waals surface area (Å²) >= 11 is 0. The molecule has 1 aromatic heterocycles. The molecule has 0 amide bonds. The summed E-state index contributed by atoms with van der Waals surface area (Å²) in [6.07, 6.45) is 7.43. The van der Waals surface area contributed by atoms with Crippen LogP contribution in [-0.4, -0.2) is 15.6 Å². The number of hydrogen-bond donors (Lipinski definition) is 1. The van der Waals surface area contributed by atoms with E-state index in [0.29, 0.717) is 5.56 Å². The van der Waals surface area contributed by atoms with Crippen molar-refractivity contribution in [2.45, 2.75) is 26.5 Å². The zero-order valence-corrected chi connectivity index (χ0v) is 11.8. The molecule has 2 rings (SSSR count). The predicted molar refractivity (Wildman–Crippen MR) is 72.6 cm³/mol. The first-order valence-electron chi connectivity index (χ1n) is 6.49. The number of benzene rings is 1. The molecule has 1 aromatic carbocycles. The van der Waals surface area contributed by atoms with Crippen LogP contribution in [0.15, 0.2) is 43.0 Å². The fourth-order valence-electron chi connectivity index (χ4n) is 1.64. The SMILES string of the molecule is CCC[n+]1ccn(C)c1.O=C([O-])c1ccc(CO)cc1. The molecule has 0 bridgehead atoms. The number of carboxylic acid groups (broad SMARTS) is 1. The number of rotatable bonds is 4. The lowest BCUT2D eigenvalue weighted by molar-refractivity contribution is -0.696. The van der Waals surface area contributed by atoms with Crippen LogP contribution in [0.3, 0.4) is 0 Å². The normalized spacial score (nSPS) is 9.75. The number of carbonyl (C=O) groups excluding carboxylic acids is 1. The highest BCUT2D eigenvalue weighted by Gasteiger charge is 1.95. The minimum atomic E-state index is -1.20. The third-order valence-electron chi connectivity index (χ3n) is 2.68. The highest BCUT2D eigenvalue weighted by Crippen LogP contribution is 2.02. The van der Waals surface area contributed by atoms with Gasteiger partial charge in [-0.25, -0.2) is 9.13 Å². The van der Waals surface area contributed by atoms with Crippen molar-refractivity contribution >= 4 is 5.97 Å². The predicted octanol–water partition coefficient (Wildman–Crippen LogP) is 0.265. The third kappa shape index (κ3) is 5.24. The molecule has 0 atom stereocenters. The summed E-state index contributed by atoms with van der Waals surface area (Å²) in [5.74, 6) is -1.20. The highest BCUT2D eigenvalue weighted by atomic mass is 16.4. The van der Waals surface area contributed by atoms with Gasteiger partial charge in [0.25, 0.3) is 0 Å².